The number of allylic oxidation sites excluding steroid dienone is 2. The van der Waals surface area contributed by atoms with E-state index in [1.165, 1.54) is 56.6 Å². The van der Waals surface area contributed by atoms with E-state index in [-0.39, 0.29) is 42.8 Å². The molecule has 2 heterocycles. The average molecular weight is 933 g/mol. The van der Waals surface area contributed by atoms with E-state index >= 15 is 0 Å². The average Bonchev–Trinajstić information content (AvgIpc) is 3.16. The first-order chi connectivity index (χ1) is 25.1. The number of benzene rings is 4. The van der Waals surface area contributed by atoms with E-state index in [9.17, 15) is 48.7 Å². The Labute approximate surface area is 314 Å². The number of aliphatic hydroxyl groups excluding tert-OH is 1. The van der Waals surface area contributed by atoms with Crippen molar-refractivity contribution in [1.82, 2.24) is 9.97 Å². The van der Waals surface area contributed by atoms with Crippen LogP contribution < -0.4 is 0 Å². The normalized spacial score (nSPS) is 10.7. The first-order valence-corrected chi connectivity index (χ1v) is 14.9. The van der Waals surface area contributed by atoms with Gasteiger partial charge < -0.3 is 15.1 Å². The van der Waals surface area contributed by atoms with Crippen molar-refractivity contribution in [3.63, 3.8) is 0 Å². The van der Waals surface area contributed by atoms with E-state index in [0.717, 1.165) is 0 Å². The van der Waals surface area contributed by atoms with Crippen LogP contribution in [0.5, 0.6) is 0 Å². The van der Waals surface area contributed by atoms with Crippen LogP contribution in [0.25, 0.3) is 44.8 Å². The van der Waals surface area contributed by atoms with Crippen molar-refractivity contribution >= 4 is 5.78 Å². The Balaban J connectivity index is 0.000000244. The van der Waals surface area contributed by atoms with E-state index in [0.29, 0.717) is 22.5 Å². The van der Waals surface area contributed by atoms with Gasteiger partial charge in [0.2, 0.25) is 11.6 Å². The van der Waals surface area contributed by atoms with Crippen LogP contribution >= 0.6 is 0 Å². The Hall–Kier alpha value is -5.66. The van der Waals surface area contributed by atoms with Crippen molar-refractivity contribution in [2.75, 3.05) is 0 Å². The van der Waals surface area contributed by atoms with Crippen LogP contribution in [0.4, 0.5) is 43.9 Å². The Morgan fingerprint density at radius 1 is 0.556 bits per heavy atom. The van der Waals surface area contributed by atoms with Crippen LogP contribution in [0, 0.1) is 70.3 Å². The number of hydrogen-bond acceptors (Lipinski definition) is 4. The predicted molar refractivity (Wildman–Crippen MR) is 175 cm³/mol. The molecule has 0 fully saturated rings. The van der Waals surface area contributed by atoms with E-state index in [1.807, 2.05) is 0 Å². The van der Waals surface area contributed by atoms with Crippen molar-refractivity contribution in [3.8, 4) is 44.8 Å². The largest absolute Gasteiger partial charge is 0.512 e. The Kier molecular flexibility index (Phi) is 15.0. The summed E-state index contributed by atoms with van der Waals surface area (Å²) in [6, 6.07) is 24.0. The fraction of sp³-hybridized carbons (Fsp3) is 0.0513. The minimum atomic E-state index is -2.19. The zero-order valence-corrected chi connectivity index (χ0v) is 29.9. The van der Waals surface area contributed by atoms with Crippen LogP contribution in [-0.4, -0.2) is 20.9 Å². The summed E-state index contributed by atoms with van der Waals surface area (Å²) < 4.78 is 135. The predicted octanol–water partition coefficient (Wildman–Crippen LogP) is 10.9. The van der Waals surface area contributed by atoms with Gasteiger partial charge in [-0.25, -0.2) is 43.9 Å². The number of ketones is 1. The van der Waals surface area contributed by atoms with Crippen molar-refractivity contribution in [1.29, 1.82) is 0 Å². The van der Waals surface area contributed by atoms with Gasteiger partial charge >= 0.3 is 0 Å². The summed E-state index contributed by atoms with van der Waals surface area (Å²) in [7, 11) is 0. The third-order valence-corrected chi connectivity index (χ3v) is 6.90. The van der Waals surface area contributed by atoms with Crippen LogP contribution in [0.1, 0.15) is 13.8 Å². The molecule has 0 unspecified atom stereocenters. The molecular weight excluding hydrogens is 911 g/mol. The molecule has 0 aliphatic carbocycles. The molecule has 2 aromatic heterocycles. The second-order valence-electron chi connectivity index (χ2n) is 10.7. The van der Waals surface area contributed by atoms with E-state index in [4.69, 9.17) is 5.11 Å². The first-order valence-electron chi connectivity index (χ1n) is 14.9. The number of halogens is 10. The van der Waals surface area contributed by atoms with Crippen LogP contribution in [0.2, 0.25) is 0 Å². The van der Waals surface area contributed by atoms with Crippen molar-refractivity contribution in [3.05, 3.63) is 167 Å². The molecule has 0 saturated carbocycles. The van der Waals surface area contributed by atoms with Gasteiger partial charge in [-0.15, -0.1) is 71.8 Å². The number of aliphatic hydroxyl groups is 1. The molecule has 0 bridgehead atoms. The summed E-state index contributed by atoms with van der Waals surface area (Å²) in [5, 5.41) is 8.36. The second-order valence-corrected chi connectivity index (χ2v) is 10.7. The van der Waals surface area contributed by atoms with Crippen LogP contribution in [0.15, 0.2) is 97.0 Å². The van der Waals surface area contributed by atoms with Crippen LogP contribution in [0.3, 0.4) is 0 Å². The molecule has 0 spiro atoms. The van der Waals surface area contributed by atoms with Gasteiger partial charge in [-0.05, 0) is 48.5 Å². The Morgan fingerprint density at radius 2 is 0.889 bits per heavy atom. The quantitative estimate of drug-likeness (QED) is 0.0467. The summed E-state index contributed by atoms with van der Waals surface area (Å²) in [5.41, 5.74) is -0.655. The summed E-state index contributed by atoms with van der Waals surface area (Å²) in [5.74, 6) is -19.9. The number of nitrogens with zero attached hydrogens (tertiary/aromatic N) is 2. The Bertz CT molecular complexity index is 2100. The number of carbonyl (C=O) groups excluding carboxylic acids is 1. The standard InChI is InChI=1S/2C17H7F5N.C5H8O2.Ir/c2*18-13-12(14(19)16(21)17(22)15(13)20)10-6-7-23-11(8-10)9-4-2-1-3-5-9;1-4(6)3-5(2)7;/h2*1-4,6-8H;3,6H,1-2H3;/q2*-1;;/b;;4-3-;. The molecule has 6 rings (SSSR count). The van der Waals surface area contributed by atoms with Gasteiger partial charge in [-0.1, -0.05) is 12.1 Å². The molecule has 4 aromatic carbocycles. The molecule has 0 saturated heterocycles. The number of carbonyl (C=O) groups is 1. The first kappa shape index (κ1) is 42.7. The third kappa shape index (κ3) is 9.85. The van der Waals surface area contributed by atoms with E-state index in [1.54, 1.807) is 48.5 Å². The van der Waals surface area contributed by atoms with Gasteiger partial charge in [0.15, 0.2) is 52.3 Å². The molecule has 0 amide bonds. The van der Waals surface area contributed by atoms with E-state index < -0.39 is 69.3 Å². The zero-order valence-electron chi connectivity index (χ0n) is 27.5. The minimum Gasteiger partial charge on any atom is -0.512 e. The Morgan fingerprint density at radius 3 is 1.15 bits per heavy atom. The second kappa shape index (κ2) is 18.9. The maximum atomic E-state index is 13.9. The summed E-state index contributed by atoms with van der Waals surface area (Å²) in [4.78, 5) is 18.1. The van der Waals surface area contributed by atoms with E-state index in [2.05, 4.69) is 22.1 Å². The van der Waals surface area contributed by atoms with Gasteiger partial charge in [0.1, 0.15) is 0 Å². The van der Waals surface area contributed by atoms with Gasteiger partial charge in [-0.3, -0.25) is 4.79 Å². The topological polar surface area (TPSA) is 63.1 Å². The smallest absolute Gasteiger partial charge is 0.200 e. The fourth-order valence-electron chi connectivity index (χ4n) is 4.58. The maximum absolute atomic E-state index is 13.9. The van der Waals surface area contributed by atoms with Gasteiger partial charge in [-0.2, -0.15) is 0 Å². The van der Waals surface area contributed by atoms with Crippen molar-refractivity contribution in [2.45, 2.75) is 13.8 Å². The molecule has 6 aromatic rings. The summed E-state index contributed by atoms with van der Waals surface area (Å²) >= 11 is 0. The van der Waals surface area contributed by atoms with Crippen molar-refractivity contribution < 1.29 is 73.9 Å². The molecule has 1 N–H and O–H groups in total. The number of pyridine rings is 2. The molecule has 1 radical (unpaired) electrons. The van der Waals surface area contributed by atoms with Gasteiger partial charge in [0, 0.05) is 38.6 Å². The molecule has 0 aliphatic heterocycles. The summed E-state index contributed by atoms with van der Waals surface area (Å²) in [6.45, 7) is 2.85. The fourth-order valence-corrected chi connectivity index (χ4v) is 4.58. The van der Waals surface area contributed by atoms with Crippen LogP contribution in [-0.2, 0) is 24.9 Å². The minimum absolute atomic E-state index is 0. The molecule has 0 atom stereocenters. The van der Waals surface area contributed by atoms with Gasteiger partial charge in [0.05, 0.1) is 16.9 Å². The maximum Gasteiger partial charge on any atom is 0.200 e. The molecule has 54 heavy (non-hydrogen) atoms. The number of rotatable bonds is 5. The molecule has 15 heteroatoms. The van der Waals surface area contributed by atoms with Gasteiger partial charge in [0.25, 0.3) is 0 Å². The zero-order chi connectivity index (χ0) is 39.0. The molecular formula is C39H22F10IrN2O2-2. The number of aromatic nitrogens is 2. The molecule has 0 aliphatic rings. The third-order valence-electron chi connectivity index (χ3n) is 6.90. The molecule has 281 valence electrons. The SMILES string of the molecule is CC(=O)/C=C(/C)O.Fc1c(F)c(F)c(-c2ccnc(-c3[c-]cccc3)c2)c(F)c1F.Fc1c(F)c(F)c(-c2ccnc(-c3[c-]cccc3)c2)c(F)c1F.[Ir]. The summed E-state index contributed by atoms with van der Waals surface area (Å²) in [6.07, 6.45) is 3.62. The number of hydrogen-bond donors (Lipinski definition) is 1. The van der Waals surface area contributed by atoms with Crippen molar-refractivity contribution in [2.24, 2.45) is 0 Å². The monoisotopic (exact) mass is 933 g/mol. The molecule has 4 nitrogen and oxygen atoms in total.